The van der Waals surface area contributed by atoms with Crippen molar-refractivity contribution in [3.8, 4) is 0 Å². The number of rotatable bonds is 4. The summed E-state index contributed by atoms with van der Waals surface area (Å²) in [6.07, 6.45) is 8.37. The van der Waals surface area contributed by atoms with Crippen molar-refractivity contribution >= 4 is 17.7 Å². The van der Waals surface area contributed by atoms with Gasteiger partial charge in [0.05, 0.1) is 0 Å². The molecule has 9 heavy (non-hydrogen) atoms. The first-order chi connectivity index (χ1) is 4.31. The molecule has 1 heteroatoms. The molecule has 0 aliphatic rings. The zero-order chi connectivity index (χ0) is 7.11. The Morgan fingerprint density at radius 3 is 2.56 bits per heavy atom. The van der Waals surface area contributed by atoms with Crippen LogP contribution in [-0.2, 0) is 0 Å². The Bertz CT molecular complexity index is 76.6. The van der Waals surface area contributed by atoms with Gasteiger partial charge in [-0.15, -0.1) is 0 Å². The summed E-state index contributed by atoms with van der Waals surface area (Å²) in [5, 5.41) is 0. The molecule has 0 aromatic rings. The number of hydrogen-bond acceptors (Lipinski definition) is 0. The third kappa shape index (κ3) is 6.22. The standard InChI is InChI=1S/C8H15.Li/c1-3-5-7-8-6-4-2;/h5,7-8H,3-4,6H2,1-2H3;. The average molecular weight is 118 g/mol. The predicted molar refractivity (Wildman–Crippen MR) is 43.8 cm³/mol. The maximum absolute atomic E-state index is 2.31. The fourth-order valence-electron chi connectivity index (χ4n) is 0.631. The molecular formula is C8H15Li. The summed E-state index contributed by atoms with van der Waals surface area (Å²) in [6, 6.07) is 0. The van der Waals surface area contributed by atoms with Gasteiger partial charge in [0, 0.05) is 0 Å². The number of allylic oxidation sites excluding steroid dienone is 2. The van der Waals surface area contributed by atoms with Gasteiger partial charge in [-0.25, -0.2) is 0 Å². The number of hydrogen-bond donors (Lipinski definition) is 0. The van der Waals surface area contributed by atoms with E-state index >= 15 is 0 Å². The van der Waals surface area contributed by atoms with Crippen molar-refractivity contribution in [2.45, 2.75) is 37.7 Å². The van der Waals surface area contributed by atoms with Gasteiger partial charge in [0.15, 0.2) is 0 Å². The fraction of sp³-hybridized carbons (Fsp3) is 0.750. The van der Waals surface area contributed by atoms with Crippen LogP contribution in [-0.4, -0.2) is 17.7 Å². The van der Waals surface area contributed by atoms with Crippen molar-refractivity contribution in [3.05, 3.63) is 12.2 Å². The van der Waals surface area contributed by atoms with E-state index in [2.05, 4.69) is 43.7 Å². The van der Waals surface area contributed by atoms with Crippen LogP contribution in [0.25, 0.3) is 0 Å². The van der Waals surface area contributed by atoms with Crippen LogP contribution >= 0.6 is 0 Å². The molecule has 0 amide bonds. The molecule has 0 heterocycles. The zero-order valence-corrected chi connectivity index (χ0v) is 6.85. The van der Waals surface area contributed by atoms with Crippen molar-refractivity contribution in [2.24, 2.45) is 0 Å². The van der Waals surface area contributed by atoms with Gasteiger partial charge >= 0.3 is 67.6 Å². The van der Waals surface area contributed by atoms with Gasteiger partial charge < -0.3 is 0 Å². The summed E-state index contributed by atoms with van der Waals surface area (Å²) in [4.78, 5) is 0. The van der Waals surface area contributed by atoms with E-state index < -0.39 is 0 Å². The maximum atomic E-state index is 2.31. The predicted octanol–water partition coefficient (Wildman–Crippen LogP) is 2.71. The molecule has 1 atom stereocenters. The minimum atomic E-state index is 0.775. The Labute approximate surface area is 67.9 Å². The second-order valence-corrected chi connectivity index (χ2v) is 2.60. The van der Waals surface area contributed by atoms with E-state index in [1.165, 1.54) is 19.3 Å². The fourth-order valence-corrected chi connectivity index (χ4v) is 0.631. The molecule has 0 aliphatic carbocycles. The van der Waals surface area contributed by atoms with Crippen LogP contribution in [0.3, 0.4) is 0 Å². The average Bonchev–Trinajstić information content (AvgIpc) is 1.89. The van der Waals surface area contributed by atoms with E-state index in [9.17, 15) is 0 Å². The summed E-state index contributed by atoms with van der Waals surface area (Å²) in [5.74, 6) is 0. The molecule has 0 nitrogen and oxygen atoms in total. The van der Waals surface area contributed by atoms with Crippen LogP contribution in [0.4, 0.5) is 0 Å². The second-order valence-electron chi connectivity index (χ2n) is 2.60. The molecule has 0 rings (SSSR count). The second kappa shape index (κ2) is 6.46. The summed E-state index contributed by atoms with van der Waals surface area (Å²) in [7, 11) is 0. The van der Waals surface area contributed by atoms with Gasteiger partial charge in [0.1, 0.15) is 0 Å². The Hall–Kier alpha value is 0.337. The van der Waals surface area contributed by atoms with E-state index in [1.54, 1.807) is 0 Å². The first-order valence-corrected chi connectivity index (χ1v) is 3.97. The summed E-state index contributed by atoms with van der Waals surface area (Å²) < 4.78 is 0.775. The Morgan fingerprint density at radius 2 is 2.11 bits per heavy atom. The van der Waals surface area contributed by atoms with Crippen LogP contribution < -0.4 is 0 Å². The Kier molecular flexibility index (Phi) is 6.70. The molecule has 0 saturated heterocycles. The van der Waals surface area contributed by atoms with Crippen molar-refractivity contribution in [2.75, 3.05) is 0 Å². The molecule has 0 saturated carbocycles. The monoisotopic (exact) mass is 118 g/mol. The Morgan fingerprint density at radius 1 is 1.44 bits per heavy atom. The van der Waals surface area contributed by atoms with Crippen LogP contribution in [0.1, 0.15) is 33.1 Å². The van der Waals surface area contributed by atoms with Gasteiger partial charge in [-0.05, 0) is 0 Å². The van der Waals surface area contributed by atoms with E-state index in [0.717, 1.165) is 4.59 Å². The van der Waals surface area contributed by atoms with E-state index in [1.807, 2.05) is 0 Å². The third-order valence-electron chi connectivity index (χ3n) is 1.56. The summed E-state index contributed by atoms with van der Waals surface area (Å²) in [6.45, 7) is 4.43. The molecule has 0 spiro atoms. The summed E-state index contributed by atoms with van der Waals surface area (Å²) >= 11 is 2.26. The third-order valence-corrected chi connectivity index (χ3v) is 1.56. The normalized spacial score (nSPS) is 14.7. The summed E-state index contributed by atoms with van der Waals surface area (Å²) in [5.41, 5.74) is 0. The SMILES string of the molecule is [Li][CH](C=CCCC)CC. The molecule has 0 radical (unpaired) electrons. The molecule has 0 aliphatic heterocycles. The molecule has 0 fully saturated rings. The zero-order valence-electron chi connectivity index (χ0n) is 6.85. The van der Waals surface area contributed by atoms with Crippen LogP contribution in [0.2, 0.25) is 4.59 Å². The van der Waals surface area contributed by atoms with Gasteiger partial charge in [-0.2, -0.15) is 0 Å². The quantitative estimate of drug-likeness (QED) is 0.393. The minimum absolute atomic E-state index is 0.775. The molecule has 0 bridgehead atoms. The van der Waals surface area contributed by atoms with Gasteiger partial charge in [0.2, 0.25) is 0 Å². The van der Waals surface area contributed by atoms with Crippen molar-refractivity contribution in [3.63, 3.8) is 0 Å². The van der Waals surface area contributed by atoms with E-state index in [4.69, 9.17) is 0 Å². The van der Waals surface area contributed by atoms with Gasteiger partial charge in [0.25, 0.3) is 0 Å². The van der Waals surface area contributed by atoms with E-state index in [-0.39, 0.29) is 0 Å². The van der Waals surface area contributed by atoms with Crippen LogP contribution in [0, 0.1) is 0 Å². The van der Waals surface area contributed by atoms with Crippen LogP contribution in [0.15, 0.2) is 12.2 Å². The van der Waals surface area contributed by atoms with Gasteiger partial charge in [-0.1, -0.05) is 0 Å². The molecular weight excluding hydrogens is 103 g/mol. The topological polar surface area (TPSA) is 0 Å². The molecule has 0 aromatic heterocycles. The van der Waals surface area contributed by atoms with Crippen molar-refractivity contribution in [1.29, 1.82) is 0 Å². The Balaban J connectivity index is 3.20. The van der Waals surface area contributed by atoms with Crippen molar-refractivity contribution < 1.29 is 0 Å². The molecule has 0 N–H and O–H groups in total. The first-order valence-electron chi connectivity index (χ1n) is 3.97. The van der Waals surface area contributed by atoms with Gasteiger partial charge in [-0.3, -0.25) is 0 Å². The first kappa shape index (κ1) is 9.34. The molecule has 48 valence electrons. The van der Waals surface area contributed by atoms with Crippen molar-refractivity contribution in [1.82, 2.24) is 0 Å². The molecule has 0 aromatic carbocycles. The van der Waals surface area contributed by atoms with E-state index in [0.29, 0.717) is 0 Å². The number of unbranched alkanes of at least 4 members (excludes halogenated alkanes) is 1. The molecule has 1 unspecified atom stereocenters. The van der Waals surface area contributed by atoms with Crippen LogP contribution in [0.5, 0.6) is 0 Å².